The molecule has 0 spiro atoms. The Morgan fingerprint density at radius 1 is 1.19 bits per heavy atom. The highest BCUT2D eigenvalue weighted by Crippen LogP contribution is 2.12. The summed E-state index contributed by atoms with van der Waals surface area (Å²) in [6, 6.07) is -0.544. The molecular formula is C13H24N4O4. The molecule has 8 heteroatoms. The molecule has 1 saturated heterocycles. The number of hydrogen-bond donors (Lipinski definition) is 3. The van der Waals surface area contributed by atoms with Crippen LogP contribution in [0.4, 0.5) is 9.59 Å². The van der Waals surface area contributed by atoms with Gasteiger partial charge in [-0.2, -0.15) is 0 Å². The molecule has 1 unspecified atom stereocenters. The third-order valence-corrected chi connectivity index (χ3v) is 2.77. The molecule has 0 aliphatic carbocycles. The normalized spacial score (nSPS) is 18.7. The third-order valence-electron chi connectivity index (χ3n) is 2.77. The maximum atomic E-state index is 11.8. The molecule has 120 valence electrons. The zero-order chi connectivity index (χ0) is 16.0. The van der Waals surface area contributed by atoms with E-state index in [9.17, 15) is 14.4 Å². The fraction of sp³-hybridized carbons (Fsp3) is 0.769. The molecule has 0 bridgehead atoms. The Kier molecular flexibility index (Phi) is 5.80. The first-order valence-corrected chi connectivity index (χ1v) is 6.98. The van der Waals surface area contributed by atoms with Crippen molar-refractivity contribution in [2.24, 2.45) is 0 Å². The van der Waals surface area contributed by atoms with Crippen LogP contribution in [0, 0.1) is 0 Å². The second kappa shape index (κ2) is 7.14. The van der Waals surface area contributed by atoms with Crippen LogP contribution in [0.25, 0.3) is 0 Å². The maximum Gasteiger partial charge on any atom is 0.407 e. The van der Waals surface area contributed by atoms with E-state index in [0.29, 0.717) is 13.1 Å². The largest absolute Gasteiger partial charge is 0.444 e. The van der Waals surface area contributed by atoms with E-state index in [0.717, 1.165) is 12.8 Å². The number of carbonyl (C=O) groups is 3. The lowest BCUT2D eigenvalue weighted by Gasteiger charge is -2.33. The van der Waals surface area contributed by atoms with E-state index in [-0.39, 0.29) is 18.0 Å². The minimum Gasteiger partial charge on any atom is -0.444 e. The van der Waals surface area contributed by atoms with Gasteiger partial charge in [0.2, 0.25) is 5.91 Å². The van der Waals surface area contributed by atoms with Crippen molar-refractivity contribution in [2.75, 3.05) is 13.1 Å². The lowest BCUT2D eigenvalue weighted by molar-refractivity contribution is -0.119. The predicted octanol–water partition coefficient (Wildman–Crippen LogP) is 0.736. The van der Waals surface area contributed by atoms with Gasteiger partial charge in [0, 0.05) is 26.1 Å². The smallest absolute Gasteiger partial charge is 0.407 e. The Labute approximate surface area is 124 Å². The third kappa shape index (κ3) is 6.82. The van der Waals surface area contributed by atoms with Gasteiger partial charge >= 0.3 is 12.1 Å². The number of hydrogen-bond acceptors (Lipinski definition) is 4. The van der Waals surface area contributed by atoms with Crippen LogP contribution in [0.2, 0.25) is 0 Å². The van der Waals surface area contributed by atoms with E-state index in [2.05, 4.69) is 16.2 Å². The number of likely N-dealkylation sites (tertiary alicyclic amines) is 1. The highest BCUT2D eigenvalue weighted by Gasteiger charge is 2.26. The van der Waals surface area contributed by atoms with E-state index in [1.165, 1.54) is 6.92 Å². The molecule has 0 aromatic heterocycles. The Hall–Kier alpha value is -1.99. The van der Waals surface area contributed by atoms with Gasteiger partial charge in [0.15, 0.2) is 0 Å². The number of nitrogens with one attached hydrogen (secondary N) is 3. The van der Waals surface area contributed by atoms with Gasteiger partial charge in [-0.15, -0.1) is 0 Å². The maximum absolute atomic E-state index is 11.8. The summed E-state index contributed by atoms with van der Waals surface area (Å²) < 4.78 is 5.19. The number of carbonyl (C=O) groups excluding carboxylic acids is 3. The van der Waals surface area contributed by atoms with Gasteiger partial charge in [0.1, 0.15) is 5.60 Å². The summed E-state index contributed by atoms with van der Waals surface area (Å²) in [5.41, 5.74) is 3.99. The Balaban J connectivity index is 2.43. The quantitative estimate of drug-likeness (QED) is 0.622. The van der Waals surface area contributed by atoms with Crippen molar-refractivity contribution in [3.8, 4) is 0 Å². The van der Waals surface area contributed by atoms with Crippen molar-refractivity contribution < 1.29 is 19.1 Å². The zero-order valence-corrected chi connectivity index (χ0v) is 13.0. The molecule has 0 saturated carbocycles. The van der Waals surface area contributed by atoms with Gasteiger partial charge in [0.05, 0.1) is 0 Å². The summed E-state index contributed by atoms with van der Waals surface area (Å²) >= 11 is 0. The van der Waals surface area contributed by atoms with Crippen LogP contribution >= 0.6 is 0 Å². The summed E-state index contributed by atoms with van der Waals surface area (Å²) in [6.07, 6.45) is 1.06. The number of ether oxygens (including phenoxy) is 1. The predicted molar refractivity (Wildman–Crippen MR) is 76.3 cm³/mol. The van der Waals surface area contributed by atoms with Crippen LogP contribution in [0.15, 0.2) is 0 Å². The molecule has 3 N–H and O–H groups in total. The second-order valence-corrected chi connectivity index (χ2v) is 6.04. The fourth-order valence-corrected chi connectivity index (χ4v) is 1.97. The highest BCUT2D eigenvalue weighted by atomic mass is 16.6. The van der Waals surface area contributed by atoms with Gasteiger partial charge in [-0.1, -0.05) is 0 Å². The second-order valence-electron chi connectivity index (χ2n) is 6.04. The van der Waals surface area contributed by atoms with Gasteiger partial charge in [-0.25, -0.2) is 15.0 Å². The molecule has 21 heavy (non-hydrogen) atoms. The summed E-state index contributed by atoms with van der Waals surface area (Å²) in [6.45, 7) is 7.65. The van der Waals surface area contributed by atoms with Crippen LogP contribution < -0.4 is 16.2 Å². The monoisotopic (exact) mass is 300 g/mol. The molecule has 1 aliphatic rings. The molecule has 0 radical (unpaired) electrons. The molecule has 8 nitrogen and oxygen atoms in total. The topological polar surface area (TPSA) is 99.8 Å². The van der Waals surface area contributed by atoms with Crippen molar-refractivity contribution in [3.63, 3.8) is 0 Å². The van der Waals surface area contributed by atoms with Crippen LogP contribution in [-0.2, 0) is 9.53 Å². The summed E-state index contributed by atoms with van der Waals surface area (Å²) in [7, 11) is 0. The number of alkyl carbamates (subject to hydrolysis) is 1. The lowest BCUT2D eigenvalue weighted by Crippen LogP contribution is -2.55. The number of amides is 4. The van der Waals surface area contributed by atoms with Gasteiger partial charge < -0.3 is 15.0 Å². The van der Waals surface area contributed by atoms with Crippen LogP contribution in [0.3, 0.4) is 0 Å². The molecule has 1 atom stereocenters. The first-order chi connectivity index (χ1) is 9.67. The molecule has 1 rings (SSSR count). The SMILES string of the molecule is CC(=O)NNC(=O)N1CCCC(NC(=O)OC(C)(C)C)C1. The Morgan fingerprint density at radius 2 is 1.86 bits per heavy atom. The van der Waals surface area contributed by atoms with E-state index < -0.39 is 11.7 Å². The van der Waals surface area contributed by atoms with Crippen molar-refractivity contribution in [1.29, 1.82) is 0 Å². The van der Waals surface area contributed by atoms with Crippen molar-refractivity contribution >= 4 is 18.0 Å². The fourth-order valence-electron chi connectivity index (χ4n) is 1.97. The first kappa shape index (κ1) is 17.1. The molecule has 1 heterocycles. The zero-order valence-electron chi connectivity index (χ0n) is 13.0. The average Bonchev–Trinajstić information content (AvgIpc) is 2.33. The number of rotatable bonds is 1. The van der Waals surface area contributed by atoms with Gasteiger partial charge in [0.25, 0.3) is 0 Å². The number of piperidine rings is 1. The summed E-state index contributed by atoms with van der Waals surface area (Å²) in [5.74, 6) is -0.344. The van der Waals surface area contributed by atoms with E-state index >= 15 is 0 Å². The standard InChI is InChI=1S/C13H24N4O4/c1-9(18)15-16-11(19)17-7-5-6-10(8-17)14-12(20)21-13(2,3)4/h10H,5-8H2,1-4H3,(H,14,20)(H,15,18)(H,16,19). The molecule has 1 aliphatic heterocycles. The van der Waals surface area contributed by atoms with Crippen molar-refractivity contribution in [3.05, 3.63) is 0 Å². The molecule has 0 aromatic rings. The van der Waals surface area contributed by atoms with Crippen LogP contribution in [0.1, 0.15) is 40.5 Å². The van der Waals surface area contributed by atoms with E-state index in [1.807, 2.05) is 0 Å². The number of nitrogens with zero attached hydrogens (tertiary/aromatic N) is 1. The van der Waals surface area contributed by atoms with E-state index in [4.69, 9.17) is 4.74 Å². The van der Waals surface area contributed by atoms with Crippen LogP contribution in [0.5, 0.6) is 0 Å². The minimum absolute atomic E-state index is 0.156. The van der Waals surface area contributed by atoms with Crippen molar-refractivity contribution in [2.45, 2.75) is 52.2 Å². The summed E-state index contributed by atoms with van der Waals surface area (Å²) in [5, 5.41) is 2.75. The highest BCUT2D eigenvalue weighted by molar-refractivity contribution is 5.79. The molecule has 1 fully saturated rings. The minimum atomic E-state index is -0.554. The van der Waals surface area contributed by atoms with Gasteiger partial charge in [-0.3, -0.25) is 10.2 Å². The van der Waals surface area contributed by atoms with Gasteiger partial charge in [-0.05, 0) is 33.6 Å². The Morgan fingerprint density at radius 3 is 2.43 bits per heavy atom. The molecular weight excluding hydrogens is 276 g/mol. The van der Waals surface area contributed by atoms with Crippen molar-refractivity contribution in [1.82, 2.24) is 21.1 Å². The Bertz CT molecular complexity index is 405. The summed E-state index contributed by atoms with van der Waals surface area (Å²) in [4.78, 5) is 35.8. The van der Waals surface area contributed by atoms with E-state index in [1.54, 1.807) is 25.7 Å². The van der Waals surface area contributed by atoms with Crippen LogP contribution in [-0.4, -0.2) is 47.7 Å². The molecule has 0 aromatic carbocycles. The average molecular weight is 300 g/mol. The number of urea groups is 1. The molecule has 4 amide bonds. The lowest BCUT2D eigenvalue weighted by atomic mass is 10.1. The number of hydrazine groups is 1. The first-order valence-electron chi connectivity index (χ1n) is 6.98.